The minimum Gasteiger partial charge on any atom is -0.450 e. The quantitative estimate of drug-likeness (QED) is 0.441. The van der Waals surface area contributed by atoms with Crippen LogP contribution in [-0.2, 0) is 19.1 Å². The van der Waals surface area contributed by atoms with Gasteiger partial charge in [0.25, 0.3) is 0 Å². The number of nitrogens with zero attached hydrogens (tertiary/aromatic N) is 1. The number of hydrogen-bond donors (Lipinski definition) is 3. The van der Waals surface area contributed by atoms with Crippen molar-refractivity contribution in [1.29, 1.82) is 0 Å². The van der Waals surface area contributed by atoms with Gasteiger partial charge in [0.1, 0.15) is 0 Å². The second-order valence-electron chi connectivity index (χ2n) is 5.17. The monoisotopic (exact) mass is 328 g/mol. The van der Waals surface area contributed by atoms with Gasteiger partial charge in [-0.05, 0) is 19.8 Å². The van der Waals surface area contributed by atoms with E-state index in [2.05, 4.69) is 16.0 Å². The fraction of sp³-hybridized carbons (Fsp3) is 0.714. The molecule has 4 amide bonds. The molecule has 0 unspecified atom stereocenters. The molecular weight excluding hydrogens is 304 g/mol. The molecule has 0 aromatic heterocycles. The van der Waals surface area contributed by atoms with Gasteiger partial charge in [-0.1, -0.05) is 0 Å². The van der Waals surface area contributed by atoms with Crippen LogP contribution in [0, 0.1) is 0 Å². The van der Waals surface area contributed by atoms with E-state index in [4.69, 9.17) is 4.74 Å². The number of ether oxygens (including phenoxy) is 1. The van der Waals surface area contributed by atoms with Crippen molar-refractivity contribution in [2.45, 2.75) is 32.7 Å². The maximum Gasteiger partial charge on any atom is 0.409 e. The first kappa shape index (κ1) is 18.7. The van der Waals surface area contributed by atoms with Gasteiger partial charge in [0.15, 0.2) is 0 Å². The zero-order chi connectivity index (χ0) is 17.2. The van der Waals surface area contributed by atoms with Crippen molar-refractivity contribution < 1.29 is 23.9 Å². The fourth-order valence-electron chi connectivity index (χ4n) is 2.17. The Morgan fingerprint density at radius 2 is 1.65 bits per heavy atom. The van der Waals surface area contributed by atoms with E-state index in [1.807, 2.05) is 0 Å². The summed E-state index contributed by atoms with van der Waals surface area (Å²) < 4.78 is 4.91. The number of hydrogen-bond acceptors (Lipinski definition) is 5. The van der Waals surface area contributed by atoms with Crippen LogP contribution in [0.15, 0.2) is 0 Å². The van der Waals surface area contributed by atoms with Gasteiger partial charge >= 0.3 is 17.9 Å². The van der Waals surface area contributed by atoms with Gasteiger partial charge in [-0.15, -0.1) is 0 Å². The van der Waals surface area contributed by atoms with Crippen LogP contribution in [0.1, 0.15) is 26.7 Å². The highest BCUT2D eigenvalue weighted by Crippen LogP contribution is 2.11. The summed E-state index contributed by atoms with van der Waals surface area (Å²) in [7, 11) is 0. The van der Waals surface area contributed by atoms with Crippen LogP contribution >= 0.6 is 0 Å². The summed E-state index contributed by atoms with van der Waals surface area (Å²) in [5.41, 5.74) is 0. The van der Waals surface area contributed by atoms with Gasteiger partial charge in [-0.3, -0.25) is 14.4 Å². The lowest BCUT2D eigenvalue weighted by atomic mass is 10.1. The molecule has 9 nitrogen and oxygen atoms in total. The van der Waals surface area contributed by atoms with Crippen molar-refractivity contribution in [3.8, 4) is 0 Å². The summed E-state index contributed by atoms with van der Waals surface area (Å²) in [4.78, 5) is 47.1. The number of piperidine rings is 1. The molecule has 0 atom stereocenters. The van der Waals surface area contributed by atoms with Crippen molar-refractivity contribution in [3.63, 3.8) is 0 Å². The number of carbonyl (C=O) groups excluding carboxylic acids is 4. The van der Waals surface area contributed by atoms with Crippen LogP contribution in [0.4, 0.5) is 4.79 Å². The maximum atomic E-state index is 11.7. The topological polar surface area (TPSA) is 117 Å². The molecular formula is C14H24N4O5. The summed E-state index contributed by atoms with van der Waals surface area (Å²) in [6, 6.07) is -0.144. The third kappa shape index (κ3) is 6.98. The summed E-state index contributed by atoms with van der Waals surface area (Å²) >= 11 is 0. The third-order valence-electron chi connectivity index (χ3n) is 3.35. The average Bonchev–Trinajstić information content (AvgIpc) is 2.52. The van der Waals surface area contributed by atoms with Crippen molar-refractivity contribution >= 4 is 23.8 Å². The van der Waals surface area contributed by atoms with Crippen LogP contribution in [0.5, 0.6) is 0 Å². The molecule has 0 aromatic carbocycles. The number of likely N-dealkylation sites (tertiary alicyclic amines) is 1. The normalized spacial score (nSPS) is 14.8. The molecule has 9 heteroatoms. The standard InChI is InChI=1S/C14H24N4O5/c1-3-23-14(22)18-8-4-11(5-9-18)17-13(21)12(20)16-7-6-15-10(2)19/h11H,3-9H2,1-2H3,(H,15,19)(H,16,20)(H,17,21). The van der Waals surface area contributed by atoms with Gasteiger partial charge in [0, 0.05) is 39.1 Å². The molecule has 130 valence electrons. The summed E-state index contributed by atoms with van der Waals surface area (Å²) in [5, 5.41) is 7.58. The van der Waals surface area contributed by atoms with E-state index in [-0.39, 0.29) is 31.1 Å². The highest BCUT2D eigenvalue weighted by Gasteiger charge is 2.26. The van der Waals surface area contributed by atoms with Gasteiger partial charge in [-0.25, -0.2) is 4.79 Å². The Balaban J connectivity index is 2.24. The fourth-order valence-corrected chi connectivity index (χ4v) is 2.17. The molecule has 1 heterocycles. The summed E-state index contributed by atoms with van der Waals surface area (Å²) in [5.74, 6) is -1.64. The molecule has 3 N–H and O–H groups in total. The first-order valence-corrected chi connectivity index (χ1v) is 7.68. The zero-order valence-corrected chi connectivity index (χ0v) is 13.5. The third-order valence-corrected chi connectivity index (χ3v) is 3.35. The highest BCUT2D eigenvalue weighted by atomic mass is 16.6. The Bertz CT molecular complexity index is 446. The van der Waals surface area contributed by atoms with Gasteiger partial charge < -0.3 is 25.6 Å². The molecule has 1 saturated heterocycles. The molecule has 1 rings (SSSR count). The predicted octanol–water partition coefficient (Wildman–Crippen LogP) is -1.02. The number of rotatable bonds is 5. The van der Waals surface area contributed by atoms with Crippen molar-refractivity contribution in [2.75, 3.05) is 32.8 Å². The van der Waals surface area contributed by atoms with Gasteiger partial charge in [-0.2, -0.15) is 0 Å². The van der Waals surface area contributed by atoms with Crippen molar-refractivity contribution in [1.82, 2.24) is 20.9 Å². The number of amides is 4. The molecule has 1 aliphatic heterocycles. The molecule has 0 aliphatic carbocycles. The molecule has 0 bridgehead atoms. The number of carbonyl (C=O) groups is 4. The summed E-state index contributed by atoms with van der Waals surface area (Å²) in [6.07, 6.45) is 0.793. The van der Waals surface area contributed by atoms with E-state index in [1.54, 1.807) is 11.8 Å². The smallest absolute Gasteiger partial charge is 0.409 e. The minimum atomic E-state index is -0.733. The molecule has 23 heavy (non-hydrogen) atoms. The molecule has 1 aliphatic rings. The largest absolute Gasteiger partial charge is 0.450 e. The minimum absolute atomic E-state index is 0.144. The molecule has 0 aromatic rings. The lowest BCUT2D eigenvalue weighted by Gasteiger charge is -2.31. The first-order chi connectivity index (χ1) is 10.9. The van der Waals surface area contributed by atoms with E-state index in [0.717, 1.165) is 0 Å². The van der Waals surface area contributed by atoms with Crippen molar-refractivity contribution in [3.05, 3.63) is 0 Å². The van der Waals surface area contributed by atoms with Crippen LogP contribution in [0.25, 0.3) is 0 Å². The van der Waals surface area contributed by atoms with Crippen LogP contribution in [0.2, 0.25) is 0 Å². The zero-order valence-electron chi connectivity index (χ0n) is 13.5. The molecule has 0 radical (unpaired) electrons. The SMILES string of the molecule is CCOC(=O)N1CCC(NC(=O)C(=O)NCCNC(C)=O)CC1. The maximum absolute atomic E-state index is 11.7. The van der Waals surface area contributed by atoms with Gasteiger partial charge in [0.05, 0.1) is 6.61 Å². The average molecular weight is 328 g/mol. The Morgan fingerprint density at radius 3 is 2.22 bits per heavy atom. The lowest BCUT2D eigenvalue weighted by molar-refractivity contribution is -0.139. The first-order valence-electron chi connectivity index (χ1n) is 7.68. The van der Waals surface area contributed by atoms with E-state index >= 15 is 0 Å². The Hall–Kier alpha value is -2.32. The number of nitrogens with one attached hydrogen (secondary N) is 3. The molecule has 0 spiro atoms. The molecule has 1 fully saturated rings. The predicted molar refractivity (Wildman–Crippen MR) is 81.5 cm³/mol. The molecule has 0 saturated carbocycles. The van der Waals surface area contributed by atoms with Crippen LogP contribution in [0.3, 0.4) is 0 Å². The van der Waals surface area contributed by atoms with E-state index in [9.17, 15) is 19.2 Å². The highest BCUT2D eigenvalue weighted by molar-refractivity contribution is 6.35. The van der Waals surface area contributed by atoms with Crippen molar-refractivity contribution in [2.24, 2.45) is 0 Å². The Kier molecular flexibility index (Phi) is 7.86. The lowest BCUT2D eigenvalue weighted by Crippen LogP contribution is -2.50. The van der Waals surface area contributed by atoms with Crippen LogP contribution < -0.4 is 16.0 Å². The Morgan fingerprint density at radius 1 is 1.04 bits per heavy atom. The summed E-state index contributed by atoms with van der Waals surface area (Å²) in [6.45, 7) is 4.86. The second-order valence-corrected chi connectivity index (χ2v) is 5.17. The van der Waals surface area contributed by atoms with E-state index in [1.165, 1.54) is 6.92 Å². The van der Waals surface area contributed by atoms with E-state index in [0.29, 0.717) is 32.5 Å². The van der Waals surface area contributed by atoms with Gasteiger partial charge in [0.2, 0.25) is 5.91 Å². The second kappa shape index (κ2) is 9.65. The Labute approximate surface area is 135 Å². The van der Waals surface area contributed by atoms with Crippen LogP contribution in [-0.4, -0.2) is 67.5 Å². The van der Waals surface area contributed by atoms with E-state index < -0.39 is 11.8 Å².